The van der Waals surface area contributed by atoms with Crippen molar-refractivity contribution in [3.8, 4) is 11.3 Å². The highest BCUT2D eigenvalue weighted by molar-refractivity contribution is 7.16. The lowest BCUT2D eigenvalue weighted by Gasteiger charge is -2.22. The second-order valence-electron chi connectivity index (χ2n) is 7.67. The van der Waals surface area contributed by atoms with Crippen LogP contribution in [0, 0.1) is 12.8 Å². The van der Waals surface area contributed by atoms with Gasteiger partial charge in [-0.15, -0.1) is 11.3 Å². The van der Waals surface area contributed by atoms with Crippen molar-refractivity contribution < 1.29 is 0 Å². The van der Waals surface area contributed by atoms with Crippen LogP contribution in [0.1, 0.15) is 41.8 Å². The number of hydrogen-bond donors (Lipinski definition) is 1. The maximum absolute atomic E-state index is 5.00. The molecule has 1 aliphatic carbocycles. The van der Waals surface area contributed by atoms with Gasteiger partial charge in [0.15, 0.2) is 5.13 Å². The van der Waals surface area contributed by atoms with Crippen LogP contribution in [0.25, 0.3) is 11.3 Å². The van der Waals surface area contributed by atoms with Crippen LogP contribution in [0.5, 0.6) is 0 Å². The molecular formula is C24H28N2S. The summed E-state index contributed by atoms with van der Waals surface area (Å²) in [5.41, 5.74) is 6.83. The van der Waals surface area contributed by atoms with Crippen LogP contribution in [-0.2, 0) is 19.3 Å². The van der Waals surface area contributed by atoms with E-state index in [1.54, 1.807) is 11.3 Å². The number of nitrogens with zero attached hydrogens (tertiary/aromatic N) is 1. The lowest BCUT2D eigenvalue weighted by molar-refractivity contribution is 0.470. The average Bonchev–Trinajstić information content (AvgIpc) is 2.97. The van der Waals surface area contributed by atoms with E-state index in [0.717, 1.165) is 36.5 Å². The van der Waals surface area contributed by atoms with E-state index in [2.05, 4.69) is 74.6 Å². The summed E-state index contributed by atoms with van der Waals surface area (Å²) in [7, 11) is 0. The standard InChI is InChI=1S/C24H28N2S/c1-4-18-9-7-8-12-21(18)23-17(3)27-24(26-23)25-22-14-13-19-10-5-6-11-20(19)15-16(22)2/h5-12,16,22H,4,13-15H2,1-3H3,(H,25,26). The quantitative estimate of drug-likeness (QED) is 0.542. The summed E-state index contributed by atoms with van der Waals surface area (Å²) < 4.78 is 0. The Morgan fingerprint density at radius 1 is 1.07 bits per heavy atom. The van der Waals surface area contributed by atoms with Crippen LogP contribution in [0.3, 0.4) is 0 Å². The van der Waals surface area contributed by atoms with E-state index in [9.17, 15) is 0 Å². The van der Waals surface area contributed by atoms with Crippen molar-refractivity contribution in [3.63, 3.8) is 0 Å². The molecule has 3 heteroatoms. The molecule has 0 saturated carbocycles. The Morgan fingerprint density at radius 3 is 2.63 bits per heavy atom. The zero-order valence-electron chi connectivity index (χ0n) is 16.5. The number of nitrogens with one attached hydrogen (secondary N) is 1. The van der Waals surface area contributed by atoms with Gasteiger partial charge in [0.05, 0.1) is 5.69 Å². The summed E-state index contributed by atoms with van der Waals surface area (Å²) >= 11 is 1.79. The zero-order valence-corrected chi connectivity index (χ0v) is 17.3. The van der Waals surface area contributed by atoms with E-state index in [-0.39, 0.29) is 0 Å². The maximum atomic E-state index is 5.00. The topological polar surface area (TPSA) is 24.9 Å². The van der Waals surface area contributed by atoms with Crippen molar-refractivity contribution in [1.29, 1.82) is 0 Å². The molecule has 1 aliphatic rings. The lowest BCUT2D eigenvalue weighted by atomic mass is 9.95. The highest BCUT2D eigenvalue weighted by Gasteiger charge is 2.24. The Morgan fingerprint density at radius 2 is 1.81 bits per heavy atom. The molecule has 2 nitrogen and oxygen atoms in total. The number of thiazole rings is 1. The summed E-state index contributed by atoms with van der Waals surface area (Å²) in [6.45, 7) is 6.77. The van der Waals surface area contributed by atoms with Crippen molar-refractivity contribution in [1.82, 2.24) is 4.98 Å². The van der Waals surface area contributed by atoms with E-state index >= 15 is 0 Å². The molecule has 0 spiro atoms. The van der Waals surface area contributed by atoms with Crippen molar-refractivity contribution in [2.24, 2.45) is 5.92 Å². The lowest BCUT2D eigenvalue weighted by Crippen LogP contribution is -2.27. The first-order valence-electron chi connectivity index (χ1n) is 10.0. The Kier molecular flexibility index (Phi) is 5.31. The molecule has 0 amide bonds. The van der Waals surface area contributed by atoms with Crippen LogP contribution < -0.4 is 5.32 Å². The van der Waals surface area contributed by atoms with Gasteiger partial charge in [-0.05, 0) is 55.2 Å². The molecule has 0 bridgehead atoms. The third-order valence-corrected chi connectivity index (χ3v) is 6.73. The molecular weight excluding hydrogens is 348 g/mol. The van der Waals surface area contributed by atoms with Gasteiger partial charge in [-0.1, -0.05) is 62.4 Å². The summed E-state index contributed by atoms with van der Waals surface area (Å²) in [5.74, 6) is 0.601. The summed E-state index contributed by atoms with van der Waals surface area (Å²) in [4.78, 5) is 6.30. The van der Waals surface area contributed by atoms with Gasteiger partial charge in [0.1, 0.15) is 0 Å². The molecule has 140 valence electrons. The van der Waals surface area contributed by atoms with Gasteiger partial charge in [0, 0.05) is 16.5 Å². The fourth-order valence-electron chi connectivity index (χ4n) is 4.23. The van der Waals surface area contributed by atoms with Crippen LogP contribution in [0.4, 0.5) is 5.13 Å². The summed E-state index contributed by atoms with van der Waals surface area (Å²) in [6.07, 6.45) is 4.49. The normalized spacial score (nSPS) is 19.4. The third-order valence-electron chi connectivity index (χ3n) is 5.83. The van der Waals surface area contributed by atoms with E-state index in [4.69, 9.17) is 4.98 Å². The van der Waals surface area contributed by atoms with Crippen molar-refractivity contribution >= 4 is 16.5 Å². The molecule has 2 unspecified atom stereocenters. The minimum absolute atomic E-state index is 0.470. The van der Waals surface area contributed by atoms with Gasteiger partial charge in [-0.25, -0.2) is 4.98 Å². The molecule has 0 aliphatic heterocycles. The van der Waals surface area contributed by atoms with Crippen LogP contribution >= 0.6 is 11.3 Å². The molecule has 27 heavy (non-hydrogen) atoms. The van der Waals surface area contributed by atoms with Crippen LogP contribution in [-0.4, -0.2) is 11.0 Å². The van der Waals surface area contributed by atoms with Gasteiger partial charge < -0.3 is 5.32 Å². The number of fused-ring (bicyclic) bond motifs is 1. The molecule has 0 radical (unpaired) electrons. The molecule has 0 saturated heterocycles. The van der Waals surface area contributed by atoms with Gasteiger partial charge in [-0.2, -0.15) is 0 Å². The van der Waals surface area contributed by atoms with Crippen molar-refractivity contribution in [3.05, 3.63) is 70.1 Å². The minimum Gasteiger partial charge on any atom is -0.358 e. The number of rotatable bonds is 4. The number of benzene rings is 2. The zero-order chi connectivity index (χ0) is 18.8. The van der Waals surface area contributed by atoms with Crippen molar-refractivity contribution in [2.45, 2.75) is 52.5 Å². The van der Waals surface area contributed by atoms with Crippen LogP contribution in [0.15, 0.2) is 48.5 Å². The average molecular weight is 377 g/mol. The molecule has 1 aromatic heterocycles. The number of aromatic nitrogens is 1. The second-order valence-corrected chi connectivity index (χ2v) is 8.88. The van der Waals surface area contributed by atoms with E-state index < -0.39 is 0 Å². The minimum atomic E-state index is 0.470. The van der Waals surface area contributed by atoms with Gasteiger partial charge >= 0.3 is 0 Å². The fraction of sp³-hybridized carbons (Fsp3) is 0.375. The molecule has 1 heterocycles. The Hall–Kier alpha value is -2.13. The first-order valence-corrected chi connectivity index (χ1v) is 10.9. The SMILES string of the molecule is CCc1ccccc1-c1nc(NC2CCc3ccccc3CC2C)sc1C. The van der Waals surface area contributed by atoms with E-state index in [1.807, 2.05) is 0 Å². The van der Waals surface area contributed by atoms with Gasteiger partial charge in [0.25, 0.3) is 0 Å². The summed E-state index contributed by atoms with van der Waals surface area (Å²) in [5, 5.41) is 4.85. The van der Waals surface area contributed by atoms with Gasteiger partial charge in [0.2, 0.25) is 0 Å². The Labute approximate surface area is 166 Å². The highest BCUT2D eigenvalue weighted by Crippen LogP contribution is 2.34. The van der Waals surface area contributed by atoms with E-state index in [0.29, 0.717) is 12.0 Å². The first-order chi connectivity index (χ1) is 13.2. The third kappa shape index (κ3) is 3.79. The van der Waals surface area contributed by atoms with E-state index in [1.165, 1.54) is 27.1 Å². The highest BCUT2D eigenvalue weighted by atomic mass is 32.1. The van der Waals surface area contributed by atoms with Crippen molar-refractivity contribution in [2.75, 3.05) is 5.32 Å². The molecule has 2 aromatic carbocycles. The Balaban J connectivity index is 1.56. The number of aryl methyl sites for hydroxylation is 3. The monoisotopic (exact) mass is 376 g/mol. The predicted molar refractivity (Wildman–Crippen MR) is 117 cm³/mol. The van der Waals surface area contributed by atoms with Crippen LogP contribution in [0.2, 0.25) is 0 Å². The number of hydrogen-bond acceptors (Lipinski definition) is 3. The predicted octanol–water partition coefficient (Wildman–Crippen LogP) is 6.29. The maximum Gasteiger partial charge on any atom is 0.183 e. The first kappa shape index (κ1) is 18.2. The molecule has 0 fully saturated rings. The molecule has 4 rings (SSSR count). The smallest absolute Gasteiger partial charge is 0.183 e. The molecule has 2 atom stereocenters. The largest absolute Gasteiger partial charge is 0.358 e. The summed E-state index contributed by atoms with van der Waals surface area (Å²) in [6, 6.07) is 18.0. The number of anilines is 1. The Bertz CT molecular complexity index is 928. The fourth-order valence-corrected chi connectivity index (χ4v) is 5.12. The van der Waals surface area contributed by atoms with Gasteiger partial charge in [-0.3, -0.25) is 0 Å². The molecule has 1 N–H and O–H groups in total. The molecule has 3 aromatic rings. The second kappa shape index (κ2) is 7.85.